The van der Waals surface area contributed by atoms with Gasteiger partial charge in [0.2, 0.25) is 0 Å². The molecular formula is C5H10O2S2. The van der Waals surface area contributed by atoms with Crippen molar-refractivity contribution in [3.63, 3.8) is 0 Å². The molecule has 0 radical (unpaired) electrons. The molecule has 0 aliphatic rings. The normalized spacial score (nSPS) is 13.1. The second kappa shape index (κ2) is 4.99. The van der Waals surface area contributed by atoms with E-state index in [4.69, 9.17) is 5.11 Å². The third-order valence-electron chi connectivity index (χ3n) is 0.877. The number of carbonyl (C=O) groups is 1. The molecule has 1 unspecified atom stereocenters. The van der Waals surface area contributed by atoms with Crippen LogP contribution in [0.25, 0.3) is 0 Å². The molecule has 1 atom stereocenters. The van der Waals surface area contributed by atoms with Crippen LogP contribution in [-0.4, -0.2) is 21.9 Å². The van der Waals surface area contributed by atoms with Gasteiger partial charge in [-0.2, -0.15) is 24.4 Å². The Morgan fingerprint density at radius 2 is 2.44 bits per heavy atom. The maximum absolute atomic E-state index is 9.98. The van der Waals surface area contributed by atoms with Crippen molar-refractivity contribution in [2.24, 2.45) is 0 Å². The predicted molar refractivity (Wildman–Crippen MR) is 43.2 cm³/mol. The lowest BCUT2D eigenvalue weighted by Gasteiger charge is -2.02. The van der Waals surface area contributed by atoms with Gasteiger partial charge in [-0.15, -0.1) is 0 Å². The zero-order chi connectivity index (χ0) is 7.28. The first-order chi connectivity index (χ1) is 4.16. The second-order valence-electron chi connectivity index (χ2n) is 1.62. The van der Waals surface area contributed by atoms with E-state index in [1.54, 1.807) is 11.8 Å². The number of hydrogen-bond acceptors (Lipinski definition) is 3. The number of carboxylic acid groups (broad SMARTS) is 1. The fourth-order valence-corrected chi connectivity index (χ4v) is 0.847. The molecule has 0 saturated heterocycles. The topological polar surface area (TPSA) is 37.3 Å². The maximum Gasteiger partial charge on any atom is 0.303 e. The molecule has 0 aliphatic heterocycles. The van der Waals surface area contributed by atoms with Crippen LogP contribution in [0, 0.1) is 0 Å². The SMILES string of the molecule is CSC(S)CCC(=O)O. The summed E-state index contributed by atoms with van der Waals surface area (Å²) in [6.45, 7) is 0. The molecule has 0 aromatic carbocycles. The van der Waals surface area contributed by atoms with Gasteiger partial charge in [-0.3, -0.25) is 4.79 Å². The Morgan fingerprint density at radius 3 is 2.78 bits per heavy atom. The lowest BCUT2D eigenvalue weighted by atomic mass is 10.3. The summed E-state index contributed by atoms with van der Waals surface area (Å²) in [5.41, 5.74) is 0. The van der Waals surface area contributed by atoms with Gasteiger partial charge >= 0.3 is 5.97 Å². The Bertz CT molecular complexity index is 95.0. The highest BCUT2D eigenvalue weighted by molar-refractivity contribution is 8.09. The molecule has 0 spiro atoms. The van der Waals surface area contributed by atoms with Crippen LogP contribution in [0.5, 0.6) is 0 Å². The summed E-state index contributed by atoms with van der Waals surface area (Å²) in [6, 6.07) is 0. The highest BCUT2D eigenvalue weighted by Gasteiger charge is 2.02. The van der Waals surface area contributed by atoms with Gasteiger partial charge in [0, 0.05) is 11.0 Å². The Morgan fingerprint density at radius 1 is 1.89 bits per heavy atom. The molecule has 1 N–H and O–H groups in total. The molecule has 0 bridgehead atoms. The van der Waals surface area contributed by atoms with E-state index >= 15 is 0 Å². The summed E-state index contributed by atoms with van der Waals surface area (Å²) in [5.74, 6) is -0.747. The molecule has 0 aliphatic carbocycles. The van der Waals surface area contributed by atoms with Crippen molar-refractivity contribution in [2.45, 2.75) is 17.4 Å². The Balaban J connectivity index is 3.16. The average Bonchev–Trinajstić information content (AvgIpc) is 1.83. The molecule has 0 fully saturated rings. The van der Waals surface area contributed by atoms with Crippen LogP contribution in [0.1, 0.15) is 12.8 Å². The van der Waals surface area contributed by atoms with Crippen LogP contribution < -0.4 is 0 Å². The first-order valence-corrected chi connectivity index (χ1v) is 4.40. The Hall–Kier alpha value is 0.170. The molecule has 0 heterocycles. The number of thiol groups is 1. The molecular weight excluding hydrogens is 156 g/mol. The van der Waals surface area contributed by atoms with Crippen molar-refractivity contribution in [2.75, 3.05) is 6.26 Å². The van der Waals surface area contributed by atoms with Crippen molar-refractivity contribution in [1.29, 1.82) is 0 Å². The van der Waals surface area contributed by atoms with E-state index < -0.39 is 5.97 Å². The van der Waals surface area contributed by atoms with Crippen LogP contribution in [-0.2, 0) is 4.79 Å². The summed E-state index contributed by atoms with van der Waals surface area (Å²) in [5, 5.41) is 8.21. The van der Waals surface area contributed by atoms with E-state index in [9.17, 15) is 4.79 Å². The third-order valence-corrected chi connectivity index (χ3v) is 2.55. The van der Waals surface area contributed by atoms with E-state index in [-0.39, 0.29) is 11.0 Å². The molecule has 9 heavy (non-hydrogen) atoms. The molecule has 0 saturated carbocycles. The molecule has 0 rings (SSSR count). The van der Waals surface area contributed by atoms with Crippen molar-refractivity contribution in [1.82, 2.24) is 0 Å². The van der Waals surface area contributed by atoms with Gasteiger partial charge in [-0.05, 0) is 12.7 Å². The standard InChI is InChI=1S/C5H10O2S2/c1-9-5(8)3-2-4(6)7/h5,8H,2-3H2,1H3,(H,6,7). The fourth-order valence-electron chi connectivity index (χ4n) is 0.365. The van der Waals surface area contributed by atoms with Crippen LogP contribution in [0.15, 0.2) is 0 Å². The monoisotopic (exact) mass is 166 g/mol. The summed E-state index contributed by atoms with van der Waals surface area (Å²) in [6.07, 6.45) is 2.77. The Labute approximate surface area is 64.4 Å². The Kier molecular flexibility index (Phi) is 5.09. The van der Waals surface area contributed by atoms with Crippen LogP contribution in [0.3, 0.4) is 0 Å². The van der Waals surface area contributed by atoms with Gasteiger partial charge in [-0.1, -0.05) is 0 Å². The van der Waals surface area contributed by atoms with E-state index in [2.05, 4.69) is 12.6 Å². The van der Waals surface area contributed by atoms with Gasteiger partial charge in [-0.25, -0.2) is 0 Å². The number of carboxylic acids is 1. The molecule has 0 aromatic heterocycles. The molecule has 2 nitrogen and oxygen atoms in total. The van der Waals surface area contributed by atoms with Crippen molar-refractivity contribution in [3.05, 3.63) is 0 Å². The summed E-state index contributed by atoms with van der Waals surface area (Å²) in [7, 11) is 0. The molecule has 0 aromatic rings. The number of rotatable bonds is 4. The number of hydrogen-bond donors (Lipinski definition) is 2. The fraction of sp³-hybridized carbons (Fsp3) is 0.800. The maximum atomic E-state index is 9.98. The van der Waals surface area contributed by atoms with Gasteiger partial charge in [0.25, 0.3) is 0 Å². The van der Waals surface area contributed by atoms with Crippen molar-refractivity contribution >= 4 is 30.4 Å². The highest BCUT2D eigenvalue weighted by Crippen LogP contribution is 2.15. The smallest absolute Gasteiger partial charge is 0.303 e. The summed E-state index contributed by atoms with van der Waals surface area (Å²) < 4.78 is 0.168. The zero-order valence-electron chi connectivity index (χ0n) is 5.20. The van der Waals surface area contributed by atoms with Gasteiger partial charge < -0.3 is 5.11 Å². The quantitative estimate of drug-likeness (QED) is 0.490. The van der Waals surface area contributed by atoms with E-state index in [1.807, 2.05) is 6.26 Å². The molecule has 54 valence electrons. The highest BCUT2D eigenvalue weighted by atomic mass is 32.2. The van der Waals surface area contributed by atoms with Crippen molar-refractivity contribution < 1.29 is 9.90 Å². The van der Waals surface area contributed by atoms with E-state index in [0.717, 1.165) is 0 Å². The zero-order valence-corrected chi connectivity index (χ0v) is 6.91. The lowest BCUT2D eigenvalue weighted by Crippen LogP contribution is -1.99. The van der Waals surface area contributed by atoms with E-state index in [1.165, 1.54) is 0 Å². The lowest BCUT2D eigenvalue weighted by molar-refractivity contribution is -0.137. The average molecular weight is 166 g/mol. The first-order valence-electron chi connectivity index (χ1n) is 2.59. The number of thioether (sulfide) groups is 1. The van der Waals surface area contributed by atoms with Crippen molar-refractivity contribution in [3.8, 4) is 0 Å². The third kappa shape index (κ3) is 6.05. The first kappa shape index (κ1) is 9.17. The minimum atomic E-state index is -0.747. The minimum Gasteiger partial charge on any atom is -0.481 e. The molecule has 4 heteroatoms. The largest absolute Gasteiger partial charge is 0.481 e. The predicted octanol–water partition coefficient (Wildman–Crippen LogP) is 1.47. The number of aliphatic carboxylic acids is 1. The minimum absolute atomic E-state index is 0.168. The van der Waals surface area contributed by atoms with E-state index in [0.29, 0.717) is 6.42 Å². The van der Waals surface area contributed by atoms with Gasteiger partial charge in [0.15, 0.2) is 0 Å². The molecule has 0 amide bonds. The van der Waals surface area contributed by atoms with Crippen LogP contribution >= 0.6 is 24.4 Å². The summed E-state index contributed by atoms with van der Waals surface area (Å²) in [4.78, 5) is 9.98. The van der Waals surface area contributed by atoms with Gasteiger partial charge in [0.1, 0.15) is 0 Å². The van der Waals surface area contributed by atoms with Crippen LogP contribution in [0.4, 0.5) is 0 Å². The summed E-state index contributed by atoms with van der Waals surface area (Å²) >= 11 is 5.67. The van der Waals surface area contributed by atoms with Crippen LogP contribution in [0.2, 0.25) is 0 Å². The second-order valence-corrected chi connectivity index (χ2v) is 3.64. The van der Waals surface area contributed by atoms with Gasteiger partial charge in [0.05, 0.1) is 0 Å².